The fourth-order valence-corrected chi connectivity index (χ4v) is 3.58. The molecule has 0 radical (unpaired) electrons. The summed E-state index contributed by atoms with van der Waals surface area (Å²) in [6.07, 6.45) is 2.53. The van der Waals surface area contributed by atoms with Crippen LogP contribution in [0.25, 0.3) is 0 Å². The fourth-order valence-electron chi connectivity index (χ4n) is 2.06. The first-order chi connectivity index (χ1) is 8.25. The standard InChI is InChI=1S/C12H15N3S2/c1-15(6-8-4-5-16-7-8)12-10(9-2-3-9)11(13)14-17-12/h4-5,7,9H,2-3,6H2,1H3,(H2,13,14). The molecule has 1 aliphatic carbocycles. The van der Waals surface area contributed by atoms with Crippen molar-refractivity contribution in [2.75, 3.05) is 17.7 Å². The van der Waals surface area contributed by atoms with E-state index in [-0.39, 0.29) is 0 Å². The van der Waals surface area contributed by atoms with Gasteiger partial charge in [0.05, 0.1) is 0 Å². The predicted octanol–water partition coefficient (Wildman–Crippen LogP) is 3.30. The third-order valence-electron chi connectivity index (χ3n) is 3.07. The maximum atomic E-state index is 5.97. The van der Waals surface area contributed by atoms with Gasteiger partial charge in [0.1, 0.15) is 10.8 Å². The van der Waals surface area contributed by atoms with Crippen molar-refractivity contribution in [3.63, 3.8) is 0 Å². The van der Waals surface area contributed by atoms with Crippen LogP contribution in [0, 0.1) is 0 Å². The zero-order valence-corrected chi connectivity index (χ0v) is 11.4. The summed E-state index contributed by atoms with van der Waals surface area (Å²) in [5.74, 6) is 1.40. The summed E-state index contributed by atoms with van der Waals surface area (Å²) in [5, 5.41) is 5.56. The van der Waals surface area contributed by atoms with Crippen molar-refractivity contribution in [3.05, 3.63) is 28.0 Å². The highest BCUT2D eigenvalue weighted by Gasteiger charge is 2.31. The third kappa shape index (κ3) is 2.17. The Labute approximate surface area is 109 Å². The first-order valence-electron chi connectivity index (χ1n) is 5.73. The molecule has 17 heavy (non-hydrogen) atoms. The molecule has 1 fully saturated rings. The van der Waals surface area contributed by atoms with Gasteiger partial charge in [-0.2, -0.15) is 15.7 Å². The first-order valence-corrected chi connectivity index (χ1v) is 7.44. The highest BCUT2D eigenvalue weighted by molar-refractivity contribution is 7.10. The van der Waals surface area contributed by atoms with E-state index in [0.29, 0.717) is 5.92 Å². The average Bonchev–Trinajstić information content (AvgIpc) is 2.86. The Morgan fingerprint density at radius 3 is 3.00 bits per heavy atom. The number of nitrogen functional groups attached to an aromatic ring is 1. The topological polar surface area (TPSA) is 42.2 Å². The minimum absolute atomic E-state index is 0.661. The molecule has 2 heterocycles. The van der Waals surface area contributed by atoms with Crippen LogP contribution in [0.15, 0.2) is 16.8 Å². The van der Waals surface area contributed by atoms with Crippen LogP contribution in [0.2, 0.25) is 0 Å². The number of rotatable bonds is 4. The highest BCUT2D eigenvalue weighted by atomic mass is 32.1. The Balaban J connectivity index is 1.83. The first kappa shape index (κ1) is 11.0. The Kier molecular flexibility index (Phi) is 2.80. The van der Waals surface area contributed by atoms with Gasteiger partial charge < -0.3 is 10.6 Å². The molecule has 3 rings (SSSR count). The maximum Gasteiger partial charge on any atom is 0.142 e. The maximum absolute atomic E-state index is 5.97. The van der Waals surface area contributed by atoms with Gasteiger partial charge in [-0.25, -0.2) is 0 Å². The van der Waals surface area contributed by atoms with Crippen LogP contribution in [0.4, 0.5) is 10.8 Å². The average molecular weight is 265 g/mol. The summed E-state index contributed by atoms with van der Waals surface area (Å²) in [6.45, 7) is 0.935. The van der Waals surface area contributed by atoms with Crippen molar-refractivity contribution in [1.82, 2.24) is 4.37 Å². The molecule has 0 atom stereocenters. The molecule has 1 saturated carbocycles. The van der Waals surface area contributed by atoms with E-state index in [4.69, 9.17) is 5.73 Å². The van der Waals surface area contributed by atoms with Gasteiger partial charge >= 0.3 is 0 Å². The van der Waals surface area contributed by atoms with Crippen LogP contribution in [0.1, 0.15) is 29.9 Å². The normalized spacial score (nSPS) is 15.1. The van der Waals surface area contributed by atoms with Crippen molar-refractivity contribution in [3.8, 4) is 0 Å². The fraction of sp³-hybridized carbons (Fsp3) is 0.417. The van der Waals surface area contributed by atoms with Crippen LogP contribution in [0.5, 0.6) is 0 Å². The van der Waals surface area contributed by atoms with Crippen LogP contribution >= 0.6 is 22.9 Å². The van der Waals surface area contributed by atoms with E-state index in [2.05, 4.69) is 33.1 Å². The van der Waals surface area contributed by atoms with E-state index in [0.717, 1.165) is 12.4 Å². The summed E-state index contributed by atoms with van der Waals surface area (Å²) >= 11 is 3.27. The van der Waals surface area contributed by atoms with E-state index < -0.39 is 0 Å². The molecule has 2 N–H and O–H groups in total. The van der Waals surface area contributed by atoms with Crippen molar-refractivity contribution in [2.24, 2.45) is 0 Å². The van der Waals surface area contributed by atoms with Gasteiger partial charge in [-0.1, -0.05) is 0 Å². The summed E-state index contributed by atoms with van der Waals surface area (Å²) in [5.41, 5.74) is 8.61. The number of hydrogen-bond donors (Lipinski definition) is 1. The Morgan fingerprint density at radius 1 is 1.53 bits per heavy atom. The van der Waals surface area contributed by atoms with Gasteiger partial charge in [0.15, 0.2) is 0 Å². The van der Waals surface area contributed by atoms with Crippen LogP contribution in [-0.2, 0) is 6.54 Å². The second-order valence-electron chi connectivity index (χ2n) is 4.55. The molecule has 1 aliphatic rings. The van der Waals surface area contributed by atoms with Crippen molar-refractivity contribution >= 4 is 33.7 Å². The zero-order valence-electron chi connectivity index (χ0n) is 9.72. The molecule has 0 bridgehead atoms. The number of aromatic nitrogens is 1. The number of nitrogens with two attached hydrogens (primary N) is 1. The number of anilines is 2. The van der Waals surface area contributed by atoms with Crippen LogP contribution in [-0.4, -0.2) is 11.4 Å². The summed E-state index contributed by atoms with van der Waals surface area (Å²) in [4.78, 5) is 2.27. The Hall–Kier alpha value is -1.07. The molecule has 0 unspecified atom stereocenters. The van der Waals surface area contributed by atoms with Gasteiger partial charge in [-0.05, 0) is 52.7 Å². The molecular formula is C12H15N3S2. The van der Waals surface area contributed by atoms with Crippen molar-refractivity contribution in [1.29, 1.82) is 0 Å². The van der Waals surface area contributed by atoms with Crippen LogP contribution in [0.3, 0.4) is 0 Å². The van der Waals surface area contributed by atoms with E-state index in [1.807, 2.05) is 0 Å². The molecule has 2 aromatic rings. The van der Waals surface area contributed by atoms with Gasteiger partial charge in [0.25, 0.3) is 0 Å². The lowest BCUT2D eigenvalue weighted by Crippen LogP contribution is -2.16. The molecule has 5 heteroatoms. The molecule has 0 saturated heterocycles. The largest absolute Gasteiger partial charge is 0.383 e. The molecule has 0 spiro atoms. The molecule has 90 valence electrons. The van der Waals surface area contributed by atoms with Gasteiger partial charge in [-0.15, -0.1) is 0 Å². The highest BCUT2D eigenvalue weighted by Crippen LogP contribution is 2.48. The zero-order chi connectivity index (χ0) is 11.8. The second-order valence-corrected chi connectivity index (χ2v) is 6.08. The predicted molar refractivity (Wildman–Crippen MR) is 74.9 cm³/mol. The minimum atomic E-state index is 0.661. The summed E-state index contributed by atoms with van der Waals surface area (Å²) in [6, 6.07) is 2.17. The lowest BCUT2D eigenvalue weighted by molar-refractivity contribution is 0.926. The number of thiophene rings is 1. The Bertz CT molecular complexity index is 500. The van der Waals surface area contributed by atoms with E-state index in [1.165, 1.54) is 40.5 Å². The SMILES string of the molecule is CN(Cc1ccsc1)c1snc(N)c1C1CC1. The molecule has 0 amide bonds. The van der Waals surface area contributed by atoms with E-state index in [1.54, 1.807) is 11.3 Å². The Morgan fingerprint density at radius 2 is 2.35 bits per heavy atom. The van der Waals surface area contributed by atoms with E-state index >= 15 is 0 Å². The van der Waals surface area contributed by atoms with Crippen LogP contribution < -0.4 is 10.6 Å². The second kappa shape index (κ2) is 4.31. The minimum Gasteiger partial charge on any atom is -0.383 e. The lowest BCUT2D eigenvalue weighted by Gasteiger charge is -2.17. The number of nitrogens with zero attached hydrogens (tertiary/aromatic N) is 2. The third-order valence-corrected chi connectivity index (χ3v) is 4.79. The molecular weight excluding hydrogens is 250 g/mol. The van der Waals surface area contributed by atoms with Crippen molar-refractivity contribution < 1.29 is 0 Å². The molecule has 0 aliphatic heterocycles. The monoisotopic (exact) mass is 265 g/mol. The lowest BCUT2D eigenvalue weighted by atomic mass is 10.2. The molecule has 2 aromatic heterocycles. The van der Waals surface area contributed by atoms with E-state index in [9.17, 15) is 0 Å². The smallest absolute Gasteiger partial charge is 0.142 e. The van der Waals surface area contributed by atoms with Gasteiger partial charge in [0, 0.05) is 19.2 Å². The number of hydrogen-bond acceptors (Lipinski definition) is 5. The molecule has 3 nitrogen and oxygen atoms in total. The molecule has 0 aromatic carbocycles. The summed E-state index contributed by atoms with van der Waals surface area (Å²) < 4.78 is 4.31. The summed E-state index contributed by atoms with van der Waals surface area (Å²) in [7, 11) is 2.12. The quantitative estimate of drug-likeness (QED) is 0.922. The van der Waals surface area contributed by atoms with Gasteiger partial charge in [0.2, 0.25) is 0 Å². The van der Waals surface area contributed by atoms with Gasteiger partial charge in [-0.3, -0.25) is 0 Å². The van der Waals surface area contributed by atoms with Crippen molar-refractivity contribution in [2.45, 2.75) is 25.3 Å².